The van der Waals surface area contributed by atoms with Crippen LogP contribution in [-0.4, -0.2) is 24.7 Å². The predicted molar refractivity (Wildman–Crippen MR) is 92.9 cm³/mol. The van der Waals surface area contributed by atoms with Crippen molar-refractivity contribution >= 4 is 23.2 Å². The van der Waals surface area contributed by atoms with Gasteiger partial charge in [0.2, 0.25) is 11.8 Å². The lowest BCUT2D eigenvalue weighted by Gasteiger charge is -2.17. The number of anilines is 2. The van der Waals surface area contributed by atoms with Crippen LogP contribution >= 0.6 is 0 Å². The summed E-state index contributed by atoms with van der Waals surface area (Å²) in [5, 5.41) is 2.58. The fourth-order valence-corrected chi connectivity index (χ4v) is 3.15. The van der Waals surface area contributed by atoms with Crippen LogP contribution in [0.3, 0.4) is 0 Å². The van der Waals surface area contributed by atoms with Crippen molar-refractivity contribution in [1.29, 1.82) is 0 Å². The average Bonchev–Trinajstić information content (AvgIpc) is 3.15. The van der Waals surface area contributed by atoms with E-state index in [4.69, 9.17) is 0 Å². The van der Waals surface area contributed by atoms with Crippen molar-refractivity contribution in [2.45, 2.75) is 19.6 Å². The summed E-state index contributed by atoms with van der Waals surface area (Å²) < 4.78 is 48.6. The SMILES string of the molecule is Cc1ccc(N2CC(C(=O)Nc3ccc4c(c3)OC(F)(F)O4)CC2=O)cc1F. The molecule has 1 unspecified atom stereocenters. The molecule has 0 spiro atoms. The van der Waals surface area contributed by atoms with Gasteiger partial charge in [-0.25, -0.2) is 4.39 Å². The maximum Gasteiger partial charge on any atom is 0.586 e. The average molecular weight is 392 g/mol. The van der Waals surface area contributed by atoms with Gasteiger partial charge >= 0.3 is 6.29 Å². The normalized spacial score (nSPS) is 19.8. The Kier molecular flexibility index (Phi) is 4.17. The van der Waals surface area contributed by atoms with Gasteiger partial charge in [0.05, 0.1) is 5.92 Å². The van der Waals surface area contributed by atoms with Gasteiger partial charge in [-0.05, 0) is 36.8 Å². The number of aryl methyl sites for hydroxylation is 1. The number of hydrogen-bond acceptors (Lipinski definition) is 4. The van der Waals surface area contributed by atoms with Crippen LogP contribution in [0, 0.1) is 18.7 Å². The zero-order valence-corrected chi connectivity index (χ0v) is 14.7. The highest BCUT2D eigenvalue weighted by Crippen LogP contribution is 2.42. The zero-order chi connectivity index (χ0) is 20.1. The van der Waals surface area contributed by atoms with E-state index >= 15 is 0 Å². The van der Waals surface area contributed by atoms with Gasteiger partial charge in [-0.15, -0.1) is 8.78 Å². The van der Waals surface area contributed by atoms with Gasteiger partial charge in [0.25, 0.3) is 0 Å². The Hall–Kier alpha value is -3.23. The zero-order valence-electron chi connectivity index (χ0n) is 14.7. The van der Waals surface area contributed by atoms with Crippen LogP contribution in [-0.2, 0) is 9.59 Å². The number of nitrogens with one attached hydrogen (secondary N) is 1. The lowest BCUT2D eigenvalue weighted by Crippen LogP contribution is -2.28. The number of ether oxygens (including phenoxy) is 2. The third kappa shape index (κ3) is 3.35. The van der Waals surface area contributed by atoms with Crippen LogP contribution in [0.15, 0.2) is 36.4 Å². The first-order valence-electron chi connectivity index (χ1n) is 8.49. The highest BCUT2D eigenvalue weighted by atomic mass is 19.3. The van der Waals surface area contributed by atoms with E-state index < -0.39 is 23.9 Å². The van der Waals surface area contributed by atoms with Crippen LogP contribution in [0.4, 0.5) is 24.5 Å². The summed E-state index contributed by atoms with van der Waals surface area (Å²) in [4.78, 5) is 26.1. The summed E-state index contributed by atoms with van der Waals surface area (Å²) in [7, 11) is 0. The van der Waals surface area contributed by atoms with E-state index in [1.165, 1.54) is 29.2 Å². The molecule has 2 aliphatic heterocycles. The van der Waals surface area contributed by atoms with Gasteiger partial charge in [0.15, 0.2) is 11.5 Å². The molecule has 1 atom stereocenters. The Balaban J connectivity index is 1.45. The first kappa shape index (κ1) is 18.1. The second-order valence-electron chi connectivity index (χ2n) is 6.66. The minimum Gasteiger partial charge on any atom is -0.395 e. The number of halogens is 3. The number of fused-ring (bicyclic) bond motifs is 1. The largest absolute Gasteiger partial charge is 0.586 e. The standard InChI is InChI=1S/C19H15F3N2O4/c1-10-2-4-13(8-14(10)20)24-9-11(6-17(24)25)18(26)23-12-3-5-15-16(7-12)28-19(21,22)27-15/h2-5,7-8,11H,6,9H2,1H3,(H,23,26). The van der Waals surface area contributed by atoms with Gasteiger partial charge in [-0.2, -0.15) is 0 Å². The molecule has 2 aromatic carbocycles. The molecule has 1 N–H and O–H groups in total. The summed E-state index contributed by atoms with van der Waals surface area (Å²) in [6, 6.07) is 8.31. The summed E-state index contributed by atoms with van der Waals surface area (Å²) in [6.07, 6.45) is -3.78. The van der Waals surface area contributed by atoms with Crippen LogP contribution in [0.25, 0.3) is 0 Å². The molecule has 28 heavy (non-hydrogen) atoms. The van der Waals surface area contributed by atoms with E-state index in [1.54, 1.807) is 19.1 Å². The fourth-order valence-electron chi connectivity index (χ4n) is 3.15. The quantitative estimate of drug-likeness (QED) is 0.869. The van der Waals surface area contributed by atoms with Gasteiger partial charge < -0.3 is 19.7 Å². The Morgan fingerprint density at radius 3 is 2.68 bits per heavy atom. The second kappa shape index (κ2) is 6.43. The number of benzene rings is 2. The molecule has 2 amide bonds. The highest BCUT2D eigenvalue weighted by molar-refractivity contribution is 6.03. The number of carbonyl (C=O) groups is 2. The Morgan fingerprint density at radius 2 is 1.93 bits per heavy atom. The summed E-state index contributed by atoms with van der Waals surface area (Å²) in [6.45, 7) is 1.71. The molecule has 0 bridgehead atoms. The molecule has 0 radical (unpaired) electrons. The second-order valence-corrected chi connectivity index (χ2v) is 6.66. The highest BCUT2D eigenvalue weighted by Gasteiger charge is 2.43. The molecule has 6 nitrogen and oxygen atoms in total. The van der Waals surface area contributed by atoms with Crippen LogP contribution in [0.2, 0.25) is 0 Å². The smallest absolute Gasteiger partial charge is 0.395 e. The van der Waals surface area contributed by atoms with E-state index in [0.717, 1.165) is 0 Å². The number of alkyl halides is 2. The van der Waals surface area contributed by atoms with E-state index in [9.17, 15) is 22.8 Å². The Labute approximate surface area is 157 Å². The first-order valence-corrected chi connectivity index (χ1v) is 8.49. The lowest BCUT2D eigenvalue weighted by atomic mass is 10.1. The van der Waals surface area contributed by atoms with Gasteiger partial charge in [-0.1, -0.05) is 6.07 Å². The summed E-state index contributed by atoms with van der Waals surface area (Å²) in [5.74, 6) is -2.17. The van der Waals surface area contributed by atoms with Gasteiger partial charge in [-0.3, -0.25) is 9.59 Å². The summed E-state index contributed by atoms with van der Waals surface area (Å²) in [5.41, 5.74) is 1.07. The molecule has 2 aliphatic rings. The minimum absolute atomic E-state index is 0.0377. The third-order valence-electron chi connectivity index (χ3n) is 4.63. The molecule has 0 saturated carbocycles. The molecular weight excluding hydrogens is 377 g/mol. The first-order chi connectivity index (χ1) is 13.2. The van der Waals surface area contributed by atoms with Crippen LogP contribution in [0.5, 0.6) is 11.5 Å². The maximum atomic E-state index is 13.8. The van der Waals surface area contributed by atoms with E-state index in [-0.39, 0.29) is 36.1 Å². The monoisotopic (exact) mass is 392 g/mol. The molecule has 146 valence electrons. The van der Waals surface area contributed by atoms with Gasteiger partial charge in [0.1, 0.15) is 5.82 Å². The van der Waals surface area contributed by atoms with Crippen molar-refractivity contribution in [1.82, 2.24) is 0 Å². The van der Waals surface area contributed by atoms with E-state index in [1.807, 2.05) is 0 Å². The summed E-state index contributed by atoms with van der Waals surface area (Å²) >= 11 is 0. The minimum atomic E-state index is -3.74. The molecular formula is C19H15F3N2O4. The van der Waals surface area contributed by atoms with Crippen molar-refractivity contribution in [3.8, 4) is 11.5 Å². The Morgan fingerprint density at radius 1 is 1.18 bits per heavy atom. The van der Waals surface area contributed by atoms with Crippen molar-refractivity contribution in [3.05, 3.63) is 47.8 Å². The molecule has 2 aromatic rings. The number of carbonyl (C=O) groups excluding carboxylic acids is 2. The van der Waals surface area contributed by atoms with Crippen LogP contribution < -0.4 is 19.7 Å². The number of rotatable bonds is 3. The molecule has 4 rings (SSSR count). The lowest BCUT2D eigenvalue weighted by molar-refractivity contribution is -0.286. The fraction of sp³-hybridized carbons (Fsp3) is 0.263. The molecule has 0 aliphatic carbocycles. The molecule has 0 aromatic heterocycles. The molecule has 9 heteroatoms. The number of amides is 2. The Bertz CT molecular complexity index is 980. The van der Waals surface area contributed by atoms with Gasteiger partial charge in [0, 0.05) is 30.4 Å². The van der Waals surface area contributed by atoms with E-state index in [2.05, 4.69) is 14.8 Å². The predicted octanol–water partition coefficient (Wildman–Crippen LogP) is 3.45. The van der Waals surface area contributed by atoms with Crippen LogP contribution in [0.1, 0.15) is 12.0 Å². The number of nitrogens with zero attached hydrogens (tertiary/aromatic N) is 1. The topological polar surface area (TPSA) is 67.9 Å². The number of hydrogen-bond donors (Lipinski definition) is 1. The van der Waals surface area contributed by atoms with Crippen molar-refractivity contribution < 1.29 is 32.2 Å². The third-order valence-corrected chi connectivity index (χ3v) is 4.63. The van der Waals surface area contributed by atoms with Crippen molar-refractivity contribution in [3.63, 3.8) is 0 Å². The van der Waals surface area contributed by atoms with Crippen molar-refractivity contribution in [2.24, 2.45) is 5.92 Å². The molecule has 1 saturated heterocycles. The molecule has 2 heterocycles. The van der Waals surface area contributed by atoms with Crippen molar-refractivity contribution in [2.75, 3.05) is 16.8 Å². The molecule has 1 fully saturated rings. The van der Waals surface area contributed by atoms with E-state index in [0.29, 0.717) is 11.3 Å². The maximum absolute atomic E-state index is 13.8.